The van der Waals surface area contributed by atoms with Gasteiger partial charge in [-0.3, -0.25) is 4.79 Å². The Bertz CT molecular complexity index is 806. The van der Waals surface area contributed by atoms with Crippen molar-refractivity contribution < 1.29 is 0 Å². The molecule has 2 nitrogen and oxygen atoms in total. The Hall–Kier alpha value is -1.62. The quantitative estimate of drug-likeness (QED) is 0.651. The second-order valence-electron chi connectivity index (χ2n) is 4.51. The van der Waals surface area contributed by atoms with Crippen molar-refractivity contribution in [2.24, 2.45) is 0 Å². The van der Waals surface area contributed by atoms with Gasteiger partial charge in [0.25, 0.3) is 5.56 Å². The van der Waals surface area contributed by atoms with E-state index < -0.39 is 0 Å². The molecule has 0 unspecified atom stereocenters. The number of H-pyrrole nitrogens is 1. The highest BCUT2D eigenvalue weighted by molar-refractivity contribution is 14.1. The zero-order valence-electron chi connectivity index (χ0n) is 10.4. The molecule has 0 fully saturated rings. The van der Waals surface area contributed by atoms with Crippen molar-refractivity contribution in [3.63, 3.8) is 0 Å². The summed E-state index contributed by atoms with van der Waals surface area (Å²) in [6, 6.07) is 15.9. The molecule has 1 aromatic heterocycles. The van der Waals surface area contributed by atoms with Crippen molar-refractivity contribution in [2.75, 3.05) is 0 Å². The molecule has 3 rings (SSSR count). The summed E-state index contributed by atoms with van der Waals surface area (Å²) >= 11 is 2.27. The van der Waals surface area contributed by atoms with Gasteiger partial charge in [-0.1, -0.05) is 30.3 Å². The first kappa shape index (κ1) is 12.4. The average Bonchev–Trinajstić information content (AvgIpc) is 2.43. The van der Waals surface area contributed by atoms with Gasteiger partial charge in [0.15, 0.2) is 0 Å². The average molecular weight is 361 g/mol. The zero-order valence-corrected chi connectivity index (χ0v) is 12.6. The van der Waals surface area contributed by atoms with Crippen LogP contribution in [0.15, 0.2) is 53.3 Å². The molecule has 0 aliphatic carbocycles. The van der Waals surface area contributed by atoms with Crippen LogP contribution in [0.2, 0.25) is 0 Å². The summed E-state index contributed by atoms with van der Waals surface area (Å²) in [7, 11) is 0. The van der Waals surface area contributed by atoms with Gasteiger partial charge in [0.05, 0.1) is 5.69 Å². The smallest absolute Gasteiger partial charge is 0.256 e. The van der Waals surface area contributed by atoms with E-state index in [0.29, 0.717) is 0 Å². The standard InChI is InChI=1S/C16H12INO/c1-10-14-9-12(17)7-8-13(14)16(19)18-15(10)11-5-3-2-4-6-11/h2-9H,1H3,(H,18,19). The fourth-order valence-electron chi connectivity index (χ4n) is 2.33. The van der Waals surface area contributed by atoms with E-state index in [0.717, 1.165) is 31.2 Å². The molecule has 0 bridgehead atoms. The molecule has 94 valence electrons. The van der Waals surface area contributed by atoms with Crippen LogP contribution in [0.25, 0.3) is 22.0 Å². The van der Waals surface area contributed by atoms with E-state index in [9.17, 15) is 4.79 Å². The van der Waals surface area contributed by atoms with E-state index >= 15 is 0 Å². The van der Waals surface area contributed by atoms with Crippen LogP contribution in [0.3, 0.4) is 0 Å². The molecule has 0 spiro atoms. The van der Waals surface area contributed by atoms with Crippen LogP contribution in [0.5, 0.6) is 0 Å². The number of fused-ring (bicyclic) bond motifs is 1. The minimum atomic E-state index is -0.0316. The maximum atomic E-state index is 12.2. The summed E-state index contributed by atoms with van der Waals surface area (Å²) in [4.78, 5) is 15.2. The lowest BCUT2D eigenvalue weighted by molar-refractivity contribution is 1.24. The Morgan fingerprint density at radius 1 is 1.00 bits per heavy atom. The van der Waals surface area contributed by atoms with Crippen LogP contribution in [0.4, 0.5) is 0 Å². The van der Waals surface area contributed by atoms with Crippen LogP contribution >= 0.6 is 22.6 Å². The predicted molar refractivity (Wildman–Crippen MR) is 87.5 cm³/mol. The number of aryl methyl sites for hydroxylation is 1. The van der Waals surface area contributed by atoms with E-state index in [1.165, 1.54) is 0 Å². The van der Waals surface area contributed by atoms with Crippen molar-refractivity contribution in [3.8, 4) is 11.3 Å². The van der Waals surface area contributed by atoms with Crippen molar-refractivity contribution in [3.05, 3.63) is 68.0 Å². The van der Waals surface area contributed by atoms with Gasteiger partial charge >= 0.3 is 0 Å². The minimum absolute atomic E-state index is 0.0316. The number of rotatable bonds is 1. The molecule has 1 N–H and O–H groups in total. The van der Waals surface area contributed by atoms with Gasteiger partial charge in [0.1, 0.15) is 0 Å². The van der Waals surface area contributed by atoms with E-state index in [-0.39, 0.29) is 5.56 Å². The van der Waals surface area contributed by atoms with Crippen molar-refractivity contribution in [1.82, 2.24) is 4.98 Å². The molecule has 19 heavy (non-hydrogen) atoms. The molecular formula is C16H12INO. The number of hydrogen-bond donors (Lipinski definition) is 1. The SMILES string of the molecule is Cc1c(-c2ccccc2)[nH]c(=O)c2ccc(I)cc12. The van der Waals surface area contributed by atoms with Crippen LogP contribution in [-0.4, -0.2) is 4.98 Å². The number of aromatic nitrogens is 1. The molecule has 0 atom stereocenters. The summed E-state index contributed by atoms with van der Waals surface area (Å²) in [6.07, 6.45) is 0. The molecule has 0 amide bonds. The Balaban J connectivity index is 2.40. The van der Waals surface area contributed by atoms with Gasteiger partial charge in [-0.05, 0) is 64.2 Å². The predicted octanol–water partition coefficient (Wildman–Crippen LogP) is 4.11. The largest absolute Gasteiger partial charge is 0.321 e. The summed E-state index contributed by atoms with van der Waals surface area (Å²) in [5, 5.41) is 1.77. The first-order chi connectivity index (χ1) is 9.16. The van der Waals surface area contributed by atoms with Crippen LogP contribution in [0, 0.1) is 10.5 Å². The molecule has 1 heterocycles. The molecule has 0 aliphatic heterocycles. The van der Waals surface area contributed by atoms with Gasteiger partial charge in [-0.25, -0.2) is 0 Å². The fraction of sp³-hybridized carbons (Fsp3) is 0.0625. The summed E-state index contributed by atoms with van der Waals surface area (Å²) in [6.45, 7) is 2.05. The molecule has 0 saturated heterocycles. The zero-order chi connectivity index (χ0) is 13.4. The Morgan fingerprint density at radius 3 is 2.47 bits per heavy atom. The third kappa shape index (κ3) is 2.18. The first-order valence-corrected chi connectivity index (χ1v) is 7.12. The Morgan fingerprint density at radius 2 is 1.74 bits per heavy atom. The lowest BCUT2D eigenvalue weighted by Crippen LogP contribution is -2.09. The van der Waals surface area contributed by atoms with Gasteiger partial charge in [-0.15, -0.1) is 0 Å². The summed E-state index contributed by atoms with van der Waals surface area (Å²) < 4.78 is 1.14. The molecule has 0 saturated carbocycles. The number of nitrogens with one attached hydrogen (secondary N) is 1. The van der Waals surface area contributed by atoms with Crippen molar-refractivity contribution >= 4 is 33.4 Å². The second-order valence-corrected chi connectivity index (χ2v) is 5.76. The maximum absolute atomic E-state index is 12.2. The number of pyridine rings is 1. The van der Waals surface area contributed by atoms with Gasteiger partial charge in [-0.2, -0.15) is 0 Å². The monoisotopic (exact) mass is 361 g/mol. The Labute approximate surface area is 124 Å². The molecule has 3 heteroatoms. The molecule has 0 radical (unpaired) electrons. The number of halogens is 1. The highest BCUT2D eigenvalue weighted by Gasteiger charge is 2.09. The highest BCUT2D eigenvalue weighted by atomic mass is 127. The van der Waals surface area contributed by atoms with Crippen molar-refractivity contribution in [2.45, 2.75) is 6.92 Å². The molecular weight excluding hydrogens is 349 g/mol. The molecule has 3 aromatic rings. The summed E-state index contributed by atoms with van der Waals surface area (Å²) in [5.74, 6) is 0. The third-order valence-corrected chi connectivity index (χ3v) is 3.98. The second kappa shape index (κ2) is 4.81. The number of benzene rings is 2. The van der Waals surface area contributed by atoms with Gasteiger partial charge in [0, 0.05) is 8.96 Å². The van der Waals surface area contributed by atoms with Crippen molar-refractivity contribution in [1.29, 1.82) is 0 Å². The van der Waals surface area contributed by atoms with Crippen LogP contribution in [-0.2, 0) is 0 Å². The van der Waals surface area contributed by atoms with E-state index in [4.69, 9.17) is 0 Å². The van der Waals surface area contributed by atoms with Crippen LogP contribution < -0.4 is 5.56 Å². The van der Waals surface area contributed by atoms with E-state index in [2.05, 4.69) is 40.6 Å². The Kier molecular flexibility index (Phi) is 3.14. The normalized spacial score (nSPS) is 10.8. The topological polar surface area (TPSA) is 32.9 Å². The van der Waals surface area contributed by atoms with Gasteiger partial charge < -0.3 is 4.98 Å². The van der Waals surface area contributed by atoms with E-state index in [1.807, 2.05) is 42.5 Å². The van der Waals surface area contributed by atoms with Gasteiger partial charge in [0.2, 0.25) is 0 Å². The lowest BCUT2D eigenvalue weighted by Gasteiger charge is -2.09. The number of aromatic amines is 1. The molecule has 0 aliphatic rings. The number of hydrogen-bond acceptors (Lipinski definition) is 1. The first-order valence-electron chi connectivity index (χ1n) is 6.04. The summed E-state index contributed by atoms with van der Waals surface area (Å²) in [5.41, 5.74) is 3.02. The minimum Gasteiger partial charge on any atom is -0.321 e. The fourth-order valence-corrected chi connectivity index (χ4v) is 2.82. The van der Waals surface area contributed by atoms with E-state index in [1.54, 1.807) is 0 Å². The van der Waals surface area contributed by atoms with Crippen LogP contribution in [0.1, 0.15) is 5.56 Å². The maximum Gasteiger partial charge on any atom is 0.256 e. The molecule has 2 aromatic carbocycles. The third-order valence-electron chi connectivity index (χ3n) is 3.31. The highest BCUT2D eigenvalue weighted by Crippen LogP contribution is 2.26. The lowest BCUT2D eigenvalue weighted by atomic mass is 10.0.